The first kappa shape index (κ1) is 22.9. The fourth-order valence-electron chi connectivity index (χ4n) is 4.13. The zero-order valence-electron chi connectivity index (χ0n) is 19.6. The number of hydrogen-bond acceptors (Lipinski definition) is 4. The van der Waals surface area contributed by atoms with Gasteiger partial charge in [-0.3, -0.25) is 14.5 Å². The van der Waals surface area contributed by atoms with E-state index < -0.39 is 0 Å². The smallest absolute Gasteiger partial charge is 0.293 e. The van der Waals surface area contributed by atoms with Crippen LogP contribution in [0.4, 0.5) is 4.79 Å². The van der Waals surface area contributed by atoms with E-state index in [9.17, 15) is 9.59 Å². The molecule has 0 spiro atoms. The molecule has 0 unspecified atom stereocenters. The van der Waals surface area contributed by atoms with E-state index in [4.69, 9.17) is 4.74 Å². The number of carbonyl (C=O) groups excluding carboxylic acids is 2. The highest BCUT2D eigenvalue weighted by atomic mass is 32.2. The van der Waals surface area contributed by atoms with Crippen LogP contribution in [0.15, 0.2) is 53.4 Å². The maximum atomic E-state index is 12.9. The maximum Gasteiger partial charge on any atom is 0.293 e. The number of aromatic nitrogens is 1. The molecule has 4 rings (SSSR count). The minimum absolute atomic E-state index is 0.220. The molecule has 0 atom stereocenters. The number of hydrogen-bond donors (Lipinski definition) is 0. The summed E-state index contributed by atoms with van der Waals surface area (Å²) < 4.78 is 7.89. The second-order valence-electron chi connectivity index (χ2n) is 8.50. The largest absolute Gasteiger partial charge is 0.492 e. The predicted molar refractivity (Wildman–Crippen MR) is 134 cm³/mol. The molecule has 0 radical (unpaired) electrons. The first-order valence-corrected chi connectivity index (χ1v) is 11.8. The molecule has 2 heterocycles. The lowest BCUT2D eigenvalue weighted by atomic mass is 10.1. The summed E-state index contributed by atoms with van der Waals surface area (Å²) in [5, 5.41) is -0.262. The molecule has 1 saturated heterocycles. The van der Waals surface area contributed by atoms with Gasteiger partial charge in [0, 0.05) is 17.1 Å². The number of imide groups is 1. The quantitative estimate of drug-likeness (QED) is 0.415. The SMILES string of the molecule is Cc1ccc(OCCN2C(=O)S/C(=C\c3cc(C)n(-c4cc(C)cc(C)c4)c3C)C2=O)cc1. The average Bonchev–Trinajstić information content (AvgIpc) is 3.18. The molecule has 0 bridgehead atoms. The Labute approximate surface area is 199 Å². The lowest BCUT2D eigenvalue weighted by molar-refractivity contribution is -0.123. The second kappa shape index (κ2) is 9.32. The Morgan fingerprint density at radius 1 is 0.879 bits per heavy atom. The number of thioether (sulfide) groups is 1. The molecular weight excluding hydrogens is 432 g/mol. The second-order valence-corrected chi connectivity index (χ2v) is 9.50. The van der Waals surface area contributed by atoms with Crippen LogP contribution < -0.4 is 4.74 Å². The number of ether oxygens (including phenoxy) is 1. The molecule has 2 amide bonds. The van der Waals surface area contributed by atoms with Crippen molar-refractivity contribution in [2.45, 2.75) is 34.6 Å². The predicted octanol–water partition coefficient (Wildman–Crippen LogP) is 6.13. The van der Waals surface area contributed by atoms with Crippen molar-refractivity contribution in [3.63, 3.8) is 0 Å². The van der Waals surface area contributed by atoms with Crippen LogP contribution in [-0.2, 0) is 4.79 Å². The molecule has 1 aliphatic rings. The minimum Gasteiger partial charge on any atom is -0.492 e. The molecule has 1 fully saturated rings. The molecule has 0 saturated carbocycles. The van der Waals surface area contributed by atoms with Crippen LogP contribution in [0.1, 0.15) is 33.6 Å². The zero-order chi connectivity index (χ0) is 23.7. The normalized spacial score (nSPS) is 15.1. The van der Waals surface area contributed by atoms with Crippen LogP contribution in [0, 0.1) is 34.6 Å². The summed E-state index contributed by atoms with van der Waals surface area (Å²) in [6, 6.07) is 16.2. The molecule has 1 aliphatic heterocycles. The van der Waals surface area contributed by atoms with E-state index in [0.29, 0.717) is 4.91 Å². The van der Waals surface area contributed by atoms with Gasteiger partial charge in [0.15, 0.2) is 0 Å². The summed E-state index contributed by atoms with van der Waals surface area (Å²) in [4.78, 5) is 27.1. The maximum absolute atomic E-state index is 12.9. The van der Waals surface area contributed by atoms with Gasteiger partial charge in [-0.1, -0.05) is 23.8 Å². The molecule has 3 aromatic rings. The number of carbonyl (C=O) groups is 2. The van der Waals surface area contributed by atoms with Crippen LogP contribution in [0.2, 0.25) is 0 Å². The van der Waals surface area contributed by atoms with Gasteiger partial charge in [-0.2, -0.15) is 0 Å². The van der Waals surface area contributed by atoms with Crippen molar-refractivity contribution >= 4 is 29.0 Å². The van der Waals surface area contributed by atoms with Crippen molar-refractivity contribution in [3.05, 3.63) is 87.1 Å². The highest BCUT2D eigenvalue weighted by molar-refractivity contribution is 8.18. The molecule has 1 aromatic heterocycles. The van der Waals surface area contributed by atoms with Gasteiger partial charge in [0.1, 0.15) is 12.4 Å². The van der Waals surface area contributed by atoms with E-state index in [0.717, 1.165) is 45.7 Å². The fourth-order valence-corrected chi connectivity index (χ4v) is 4.99. The Morgan fingerprint density at radius 3 is 2.21 bits per heavy atom. The molecule has 5 nitrogen and oxygen atoms in total. The monoisotopic (exact) mass is 460 g/mol. The summed E-state index contributed by atoms with van der Waals surface area (Å²) in [6.07, 6.45) is 1.83. The lowest BCUT2D eigenvalue weighted by Gasteiger charge is -2.13. The summed E-state index contributed by atoms with van der Waals surface area (Å²) in [6.45, 7) is 10.8. The first-order chi connectivity index (χ1) is 15.7. The van der Waals surface area contributed by atoms with Gasteiger partial charge >= 0.3 is 0 Å². The highest BCUT2D eigenvalue weighted by Gasteiger charge is 2.35. The molecule has 33 heavy (non-hydrogen) atoms. The Hall–Kier alpha value is -3.25. The van der Waals surface area contributed by atoms with Gasteiger partial charge < -0.3 is 9.30 Å². The third kappa shape index (κ3) is 4.91. The first-order valence-electron chi connectivity index (χ1n) is 11.0. The Bertz CT molecular complexity index is 1230. The lowest BCUT2D eigenvalue weighted by Crippen LogP contribution is -2.32. The molecule has 6 heteroatoms. The van der Waals surface area contributed by atoms with E-state index in [1.54, 1.807) is 0 Å². The Kier molecular flexibility index (Phi) is 6.47. The van der Waals surface area contributed by atoms with E-state index in [2.05, 4.69) is 49.6 Å². The molecule has 0 N–H and O–H groups in total. The van der Waals surface area contributed by atoms with Crippen molar-refractivity contribution in [1.29, 1.82) is 0 Å². The Balaban J connectivity index is 1.51. The number of rotatable bonds is 6. The summed E-state index contributed by atoms with van der Waals surface area (Å²) in [5.74, 6) is 0.454. The molecule has 2 aromatic carbocycles. The molecular formula is C27H28N2O3S. The van der Waals surface area contributed by atoms with Crippen LogP contribution in [0.25, 0.3) is 11.8 Å². The van der Waals surface area contributed by atoms with Gasteiger partial charge in [-0.05, 0) is 99.5 Å². The highest BCUT2D eigenvalue weighted by Crippen LogP contribution is 2.34. The van der Waals surface area contributed by atoms with Gasteiger partial charge in [0.25, 0.3) is 11.1 Å². The van der Waals surface area contributed by atoms with E-state index in [1.165, 1.54) is 16.0 Å². The van der Waals surface area contributed by atoms with Gasteiger partial charge in [0.05, 0.1) is 11.4 Å². The Morgan fingerprint density at radius 2 is 1.55 bits per heavy atom. The van der Waals surface area contributed by atoms with Crippen LogP contribution in [-0.4, -0.2) is 33.8 Å². The summed E-state index contributed by atoms with van der Waals surface area (Å²) in [5.41, 5.74) is 7.70. The van der Waals surface area contributed by atoms with Crippen LogP contribution in [0.3, 0.4) is 0 Å². The van der Waals surface area contributed by atoms with Crippen molar-refractivity contribution in [3.8, 4) is 11.4 Å². The fraction of sp³-hybridized carbons (Fsp3) is 0.259. The summed E-state index contributed by atoms with van der Waals surface area (Å²) in [7, 11) is 0. The van der Waals surface area contributed by atoms with E-state index in [1.807, 2.05) is 44.2 Å². The van der Waals surface area contributed by atoms with Crippen molar-refractivity contribution in [1.82, 2.24) is 9.47 Å². The molecule has 170 valence electrons. The van der Waals surface area contributed by atoms with E-state index >= 15 is 0 Å². The van der Waals surface area contributed by atoms with E-state index in [-0.39, 0.29) is 24.3 Å². The number of amides is 2. The van der Waals surface area contributed by atoms with Gasteiger partial charge in [-0.25, -0.2) is 0 Å². The van der Waals surface area contributed by atoms with Crippen molar-refractivity contribution in [2.75, 3.05) is 13.2 Å². The average molecular weight is 461 g/mol. The van der Waals surface area contributed by atoms with Crippen molar-refractivity contribution < 1.29 is 14.3 Å². The van der Waals surface area contributed by atoms with Gasteiger partial charge in [-0.15, -0.1) is 0 Å². The van der Waals surface area contributed by atoms with Crippen LogP contribution in [0.5, 0.6) is 5.75 Å². The van der Waals surface area contributed by atoms with Crippen LogP contribution >= 0.6 is 11.8 Å². The third-order valence-corrected chi connectivity index (χ3v) is 6.61. The number of nitrogens with zero attached hydrogens (tertiary/aromatic N) is 2. The summed E-state index contributed by atoms with van der Waals surface area (Å²) >= 11 is 0.983. The number of aryl methyl sites for hydroxylation is 4. The standard InChI is InChI=1S/C27H28N2O3S/c1-17-6-8-24(9-7-17)32-11-10-28-26(30)25(33-27(28)31)16-22-15-20(4)29(21(22)5)23-13-18(2)12-19(3)14-23/h6-9,12-16H,10-11H2,1-5H3/b25-16-. The minimum atomic E-state index is -0.270. The topological polar surface area (TPSA) is 51.5 Å². The number of benzene rings is 2. The third-order valence-electron chi connectivity index (χ3n) is 5.70. The zero-order valence-corrected chi connectivity index (χ0v) is 20.5. The molecule has 0 aliphatic carbocycles. The van der Waals surface area contributed by atoms with Crippen molar-refractivity contribution in [2.24, 2.45) is 0 Å². The van der Waals surface area contributed by atoms with Gasteiger partial charge in [0.2, 0.25) is 0 Å².